The van der Waals surface area contributed by atoms with E-state index in [1.165, 1.54) is 6.07 Å². The van der Waals surface area contributed by atoms with Crippen LogP contribution in [0.15, 0.2) is 53.4 Å². The third-order valence-corrected chi connectivity index (χ3v) is 5.33. The summed E-state index contributed by atoms with van der Waals surface area (Å²) in [5.74, 6) is -0.444. The number of piperazine rings is 1. The lowest BCUT2D eigenvalue weighted by atomic mass is 10.2. The second-order valence-corrected chi connectivity index (χ2v) is 7.74. The molecule has 3 rings (SSSR count). The molecule has 5 nitrogen and oxygen atoms in total. The molecule has 1 aliphatic rings. The molecule has 0 aliphatic carbocycles. The fourth-order valence-corrected chi connectivity index (χ4v) is 3.73. The number of carbonyl (C=O) groups is 1. The summed E-state index contributed by atoms with van der Waals surface area (Å²) in [6.45, 7) is 3.71. The predicted octanol–water partition coefficient (Wildman–Crippen LogP) is 3.86. The van der Waals surface area contributed by atoms with Gasteiger partial charge in [-0.2, -0.15) is 13.2 Å². The van der Waals surface area contributed by atoms with Crippen molar-refractivity contribution < 1.29 is 22.7 Å². The van der Waals surface area contributed by atoms with Crippen molar-refractivity contribution >= 4 is 29.1 Å². The number of carbonyl (C=O) groups excluding carboxylic acids is 1. The minimum absolute atomic E-state index is 0.102. The molecule has 9 heteroatoms. The van der Waals surface area contributed by atoms with Gasteiger partial charge in [0.25, 0.3) is 0 Å². The van der Waals surface area contributed by atoms with Crippen LogP contribution in [-0.2, 0) is 4.74 Å². The zero-order chi connectivity index (χ0) is 20.9. The standard InChI is InChI=1S/C20H22F3N3O2S/c21-20(22,23)29-16-5-3-4-15(14-16)26-10-8-25(9-11-26)12-13-28-19(27)17-6-1-2-7-18(17)24/h1-7,14H,8-13,24H2. The molecule has 0 amide bonds. The van der Waals surface area contributed by atoms with Gasteiger partial charge in [0, 0.05) is 49.0 Å². The van der Waals surface area contributed by atoms with E-state index in [1.54, 1.807) is 36.4 Å². The van der Waals surface area contributed by atoms with E-state index in [2.05, 4.69) is 9.80 Å². The highest BCUT2D eigenvalue weighted by atomic mass is 32.2. The molecule has 1 heterocycles. The molecular formula is C20H22F3N3O2S. The number of rotatable bonds is 6. The van der Waals surface area contributed by atoms with Crippen LogP contribution in [0, 0.1) is 0 Å². The molecule has 2 N–H and O–H groups in total. The number of thioether (sulfide) groups is 1. The number of anilines is 2. The van der Waals surface area contributed by atoms with E-state index >= 15 is 0 Å². The van der Waals surface area contributed by atoms with Crippen LogP contribution < -0.4 is 10.6 Å². The summed E-state index contributed by atoms with van der Waals surface area (Å²) in [7, 11) is 0. The zero-order valence-electron chi connectivity index (χ0n) is 15.7. The summed E-state index contributed by atoms with van der Waals surface area (Å²) < 4.78 is 43.0. The Hall–Kier alpha value is -2.39. The maximum absolute atomic E-state index is 12.6. The molecule has 0 radical (unpaired) electrons. The van der Waals surface area contributed by atoms with Crippen LogP contribution in [-0.4, -0.2) is 55.7 Å². The van der Waals surface area contributed by atoms with Crippen molar-refractivity contribution in [3.05, 3.63) is 54.1 Å². The smallest absolute Gasteiger partial charge is 0.446 e. The molecule has 0 bridgehead atoms. The Morgan fingerprint density at radius 1 is 1.07 bits per heavy atom. The average molecular weight is 425 g/mol. The summed E-state index contributed by atoms with van der Waals surface area (Å²) in [5.41, 5.74) is 3.00. The van der Waals surface area contributed by atoms with Gasteiger partial charge in [-0.3, -0.25) is 4.90 Å². The van der Waals surface area contributed by atoms with Gasteiger partial charge < -0.3 is 15.4 Å². The highest BCUT2D eigenvalue weighted by molar-refractivity contribution is 8.00. The first kappa shape index (κ1) is 21.3. The van der Waals surface area contributed by atoms with Crippen molar-refractivity contribution in [1.82, 2.24) is 4.90 Å². The van der Waals surface area contributed by atoms with Gasteiger partial charge in [-0.05, 0) is 42.1 Å². The number of hydrogen-bond acceptors (Lipinski definition) is 6. The van der Waals surface area contributed by atoms with Gasteiger partial charge in [0.15, 0.2) is 0 Å². The third kappa shape index (κ3) is 6.30. The Morgan fingerprint density at radius 2 is 1.79 bits per heavy atom. The summed E-state index contributed by atoms with van der Waals surface area (Å²) in [6.07, 6.45) is 0. The molecular weight excluding hydrogens is 403 g/mol. The molecule has 1 fully saturated rings. The highest BCUT2D eigenvalue weighted by Gasteiger charge is 2.29. The topological polar surface area (TPSA) is 58.8 Å². The van der Waals surface area contributed by atoms with Crippen molar-refractivity contribution in [2.24, 2.45) is 0 Å². The van der Waals surface area contributed by atoms with E-state index in [9.17, 15) is 18.0 Å². The minimum atomic E-state index is -4.29. The van der Waals surface area contributed by atoms with Gasteiger partial charge in [0.2, 0.25) is 0 Å². The van der Waals surface area contributed by atoms with Crippen LogP contribution in [0.1, 0.15) is 10.4 Å². The highest BCUT2D eigenvalue weighted by Crippen LogP contribution is 2.38. The Balaban J connectivity index is 1.44. The molecule has 1 aliphatic heterocycles. The van der Waals surface area contributed by atoms with Crippen molar-refractivity contribution in [3.63, 3.8) is 0 Å². The van der Waals surface area contributed by atoms with E-state index < -0.39 is 11.5 Å². The van der Waals surface area contributed by atoms with E-state index in [0.717, 1.165) is 18.8 Å². The first-order valence-corrected chi connectivity index (χ1v) is 9.98. The lowest BCUT2D eigenvalue weighted by molar-refractivity contribution is -0.0328. The first-order valence-electron chi connectivity index (χ1n) is 9.16. The van der Waals surface area contributed by atoms with E-state index in [4.69, 9.17) is 10.5 Å². The maximum Gasteiger partial charge on any atom is 0.446 e. The molecule has 2 aromatic rings. The molecule has 0 unspecified atom stereocenters. The summed E-state index contributed by atoms with van der Waals surface area (Å²) in [5, 5.41) is 0. The number of nitrogens with zero attached hydrogens (tertiary/aromatic N) is 2. The van der Waals surface area contributed by atoms with Crippen molar-refractivity contribution in [3.8, 4) is 0 Å². The van der Waals surface area contributed by atoms with Crippen molar-refractivity contribution in [2.75, 3.05) is 50.0 Å². The molecule has 0 saturated carbocycles. The number of esters is 1. The SMILES string of the molecule is Nc1ccccc1C(=O)OCCN1CCN(c2cccc(SC(F)(F)F)c2)CC1. The lowest BCUT2D eigenvalue weighted by Crippen LogP contribution is -2.47. The van der Waals surface area contributed by atoms with Crippen LogP contribution in [0.3, 0.4) is 0 Å². The van der Waals surface area contributed by atoms with Gasteiger partial charge in [-0.25, -0.2) is 4.79 Å². The number of ether oxygens (including phenoxy) is 1. The van der Waals surface area contributed by atoms with Crippen LogP contribution in [0.4, 0.5) is 24.5 Å². The van der Waals surface area contributed by atoms with Gasteiger partial charge in [0.1, 0.15) is 6.61 Å². The van der Waals surface area contributed by atoms with Crippen LogP contribution >= 0.6 is 11.8 Å². The Morgan fingerprint density at radius 3 is 2.48 bits per heavy atom. The first-order chi connectivity index (χ1) is 13.8. The van der Waals surface area contributed by atoms with Gasteiger partial charge >= 0.3 is 11.5 Å². The molecule has 29 heavy (non-hydrogen) atoms. The molecule has 0 aromatic heterocycles. The van der Waals surface area contributed by atoms with Crippen LogP contribution in [0.2, 0.25) is 0 Å². The number of nitrogen functional groups attached to an aromatic ring is 1. The number of alkyl halides is 3. The minimum Gasteiger partial charge on any atom is -0.461 e. The van der Waals surface area contributed by atoms with E-state index in [0.29, 0.717) is 30.9 Å². The number of hydrogen-bond donors (Lipinski definition) is 1. The molecule has 0 spiro atoms. The Labute approximate surface area is 171 Å². The van der Waals surface area contributed by atoms with E-state index in [-0.39, 0.29) is 23.3 Å². The largest absolute Gasteiger partial charge is 0.461 e. The molecule has 2 aromatic carbocycles. The molecule has 156 valence electrons. The van der Waals surface area contributed by atoms with Crippen LogP contribution in [0.5, 0.6) is 0 Å². The van der Waals surface area contributed by atoms with E-state index in [1.807, 2.05) is 6.07 Å². The van der Waals surface area contributed by atoms with Crippen molar-refractivity contribution in [2.45, 2.75) is 10.4 Å². The molecule has 1 saturated heterocycles. The second-order valence-electron chi connectivity index (χ2n) is 6.60. The number of benzene rings is 2. The summed E-state index contributed by atoms with van der Waals surface area (Å²) in [4.78, 5) is 16.5. The third-order valence-electron chi connectivity index (χ3n) is 4.61. The fourth-order valence-electron chi connectivity index (χ4n) is 3.14. The Bertz CT molecular complexity index is 840. The van der Waals surface area contributed by atoms with Crippen LogP contribution in [0.25, 0.3) is 0 Å². The van der Waals surface area contributed by atoms with Crippen molar-refractivity contribution in [1.29, 1.82) is 0 Å². The van der Waals surface area contributed by atoms with Gasteiger partial charge in [0.05, 0.1) is 5.56 Å². The summed E-state index contributed by atoms with van der Waals surface area (Å²) >= 11 is -0.102. The van der Waals surface area contributed by atoms with Gasteiger partial charge in [-0.15, -0.1) is 0 Å². The zero-order valence-corrected chi connectivity index (χ0v) is 16.5. The monoisotopic (exact) mass is 425 g/mol. The maximum atomic E-state index is 12.6. The quantitative estimate of drug-likeness (QED) is 0.431. The lowest BCUT2D eigenvalue weighted by Gasteiger charge is -2.36. The predicted molar refractivity (Wildman–Crippen MR) is 108 cm³/mol. The fraction of sp³-hybridized carbons (Fsp3) is 0.350. The normalized spacial score (nSPS) is 15.3. The Kier molecular flexibility index (Phi) is 6.92. The summed E-state index contributed by atoms with van der Waals surface area (Å²) in [6, 6.07) is 13.3. The molecule has 0 atom stereocenters. The van der Waals surface area contributed by atoms with Gasteiger partial charge in [-0.1, -0.05) is 18.2 Å². The average Bonchev–Trinajstić information content (AvgIpc) is 2.68. The number of para-hydroxylation sites is 1. The number of halogens is 3. The number of nitrogens with two attached hydrogens (primary N) is 1. The second kappa shape index (κ2) is 9.41.